The van der Waals surface area contributed by atoms with Crippen molar-refractivity contribution in [2.45, 2.75) is 71.3 Å². The third kappa shape index (κ3) is 2.08. The van der Waals surface area contributed by atoms with E-state index in [4.69, 9.17) is 11.6 Å². The summed E-state index contributed by atoms with van der Waals surface area (Å²) in [5.41, 5.74) is 1.40. The van der Waals surface area contributed by atoms with E-state index in [9.17, 15) is 9.90 Å². The molecule has 0 aromatic rings. The Morgan fingerprint density at radius 2 is 2.08 bits per heavy atom. The average Bonchev–Trinajstić information content (AvgIpc) is 2.58. The molecule has 24 heavy (non-hydrogen) atoms. The van der Waals surface area contributed by atoms with Gasteiger partial charge in [0.1, 0.15) is 0 Å². The van der Waals surface area contributed by atoms with Gasteiger partial charge in [-0.3, -0.25) is 4.79 Å². The average molecular weight is 349 g/mol. The minimum atomic E-state index is -0.195. The molecule has 0 aromatic carbocycles. The first-order valence-electron chi connectivity index (χ1n) is 9.71. The minimum absolute atomic E-state index is 0.0712. The summed E-state index contributed by atoms with van der Waals surface area (Å²) in [7, 11) is 0. The van der Waals surface area contributed by atoms with Gasteiger partial charge in [0.15, 0.2) is 5.78 Å². The maximum atomic E-state index is 12.1. The Labute approximate surface area is 150 Å². The quantitative estimate of drug-likeness (QED) is 0.677. The molecular formula is C21H29ClO2. The lowest BCUT2D eigenvalue weighted by Crippen LogP contribution is -2.55. The summed E-state index contributed by atoms with van der Waals surface area (Å²) in [5.74, 6) is 1.85. The Hall–Kier alpha value is -0.600. The smallest absolute Gasteiger partial charge is 0.174 e. The molecule has 2 nitrogen and oxygen atoms in total. The van der Waals surface area contributed by atoms with Crippen LogP contribution in [0, 0.1) is 28.6 Å². The SMILES string of the molecule is CC[C@]12CC[C@H]3[C@@H](CCC4=C(Cl)C(=O)CC[C@@]43C)[C@@H]1C=CC[C@@H]2O. The molecule has 1 N–H and O–H groups in total. The number of aliphatic hydroxyl groups is 1. The number of allylic oxidation sites excluding steroid dienone is 3. The van der Waals surface area contributed by atoms with Crippen LogP contribution in [0.25, 0.3) is 0 Å². The van der Waals surface area contributed by atoms with Crippen LogP contribution in [0.5, 0.6) is 0 Å². The van der Waals surface area contributed by atoms with Gasteiger partial charge in [-0.15, -0.1) is 0 Å². The number of carbonyl (C=O) groups excluding carboxylic acids is 1. The van der Waals surface area contributed by atoms with E-state index >= 15 is 0 Å². The predicted molar refractivity (Wildman–Crippen MR) is 96.7 cm³/mol. The van der Waals surface area contributed by atoms with Gasteiger partial charge >= 0.3 is 0 Å². The van der Waals surface area contributed by atoms with E-state index in [0.29, 0.717) is 29.2 Å². The maximum absolute atomic E-state index is 12.1. The normalized spacial score (nSPS) is 47.9. The van der Waals surface area contributed by atoms with Crippen LogP contribution in [0.4, 0.5) is 0 Å². The number of fused-ring (bicyclic) bond motifs is 5. The molecule has 0 aliphatic heterocycles. The summed E-state index contributed by atoms with van der Waals surface area (Å²) in [4.78, 5) is 12.1. The first-order valence-corrected chi connectivity index (χ1v) is 10.1. The molecule has 4 aliphatic rings. The molecule has 0 radical (unpaired) electrons. The topological polar surface area (TPSA) is 37.3 Å². The van der Waals surface area contributed by atoms with Crippen LogP contribution in [0.3, 0.4) is 0 Å². The van der Waals surface area contributed by atoms with Crippen LogP contribution in [0.2, 0.25) is 0 Å². The highest BCUT2D eigenvalue weighted by Crippen LogP contribution is 2.65. The first-order chi connectivity index (χ1) is 11.4. The highest BCUT2D eigenvalue weighted by molar-refractivity contribution is 6.43. The van der Waals surface area contributed by atoms with Gasteiger partial charge in [-0.05, 0) is 73.7 Å². The van der Waals surface area contributed by atoms with Crippen molar-refractivity contribution in [3.05, 3.63) is 22.8 Å². The summed E-state index contributed by atoms with van der Waals surface area (Å²) >= 11 is 6.45. The number of rotatable bonds is 1. The van der Waals surface area contributed by atoms with Crippen molar-refractivity contribution >= 4 is 17.4 Å². The molecule has 2 saturated carbocycles. The number of halogens is 1. The van der Waals surface area contributed by atoms with E-state index in [2.05, 4.69) is 26.0 Å². The van der Waals surface area contributed by atoms with Crippen molar-refractivity contribution in [3.8, 4) is 0 Å². The summed E-state index contributed by atoms with van der Waals surface area (Å²) in [6.45, 7) is 4.61. The van der Waals surface area contributed by atoms with E-state index in [-0.39, 0.29) is 22.7 Å². The predicted octanol–water partition coefficient (Wildman–Crippen LogP) is 5.00. The van der Waals surface area contributed by atoms with Gasteiger partial charge in [-0.2, -0.15) is 0 Å². The Balaban J connectivity index is 1.74. The highest BCUT2D eigenvalue weighted by atomic mass is 35.5. The lowest BCUT2D eigenvalue weighted by molar-refractivity contribution is -0.121. The molecule has 6 atom stereocenters. The fourth-order valence-electron chi connectivity index (χ4n) is 6.78. The molecule has 4 aliphatic carbocycles. The minimum Gasteiger partial charge on any atom is -0.392 e. The number of Topliss-reactive ketones (excluding diaryl/α,β-unsaturated/α-hetero) is 1. The van der Waals surface area contributed by atoms with Crippen LogP contribution < -0.4 is 0 Å². The van der Waals surface area contributed by atoms with E-state index < -0.39 is 0 Å². The van der Waals surface area contributed by atoms with Gasteiger partial charge in [0.2, 0.25) is 0 Å². The third-order valence-corrected chi connectivity index (χ3v) is 8.64. The molecule has 0 saturated heterocycles. The molecule has 0 bridgehead atoms. The van der Waals surface area contributed by atoms with Crippen molar-refractivity contribution < 1.29 is 9.90 Å². The van der Waals surface area contributed by atoms with Crippen LogP contribution in [0.1, 0.15) is 65.2 Å². The third-order valence-electron chi connectivity index (χ3n) is 8.20. The van der Waals surface area contributed by atoms with Gasteiger partial charge in [-0.25, -0.2) is 0 Å². The van der Waals surface area contributed by atoms with Crippen molar-refractivity contribution in [1.29, 1.82) is 0 Å². The van der Waals surface area contributed by atoms with Gasteiger partial charge in [-0.1, -0.05) is 37.6 Å². The molecule has 0 aromatic heterocycles. The van der Waals surface area contributed by atoms with Crippen molar-refractivity contribution in [2.75, 3.05) is 0 Å². The Bertz CT molecular complexity index is 621. The van der Waals surface area contributed by atoms with E-state index in [1.807, 2.05) is 0 Å². The largest absolute Gasteiger partial charge is 0.392 e. The van der Waals surface area contributed by atoms with Crippen LogP contribution >= 0.6 is 11.6 Å². The number of ketones is 1. The van der Waals surface area contributed by atoms with Gasteiger partial charge in [0, 0.05) is 11.8 Å². The van der Waals surface area contributed by atoms with Crippen LogP contribution in [0.15, 0.2) is 22.8 Å². The first kappa shape index (κ1) is 16.8. The zero-order valence-corrected chi connectivity index (χ0v) is 15.6. The van der Waals surface area contributed by atoms with Crippen molar-refractivity contribution in [1.82, 2.24) is 0 Å². The Morgan fingerprint density at radius 1 is 1.29 bits per heavy atom. The zero-order valence-electron chi connectivity index (χ0n) is 14.9. The summed E-state index contributed by atoms with van der Waals surface area (Å²) in [6, 6.07) is 0. The maximum Gasteiger partial charge on any atom is 0.174 e. The summed E-state index contributed by atoms with van der Waals surface area (Å²) in [6.07, 6.45) is 12.2. The second-order valence-electron chi connectivity index (χ2n) is 8.77. The van der Waals surface area contributed by atoms with Crippen molar-refractivity contribution in [3.63, 3.8) is 0 Å². The van der Waals surface area contributed by atoms with Crippen molar-refractivity contribution in [2.24, 2.45) is 28.6 Å². The Morgan fingerprint density at radius 3 is 2.83 bits per heavy atom. The second kappa shape index (κ2) is 5.71. The van der Waals surface area contributed by atoms with Gasteiger partial charge in [0.05, 0.1) is 11.1 Å². The standard InChI is InChI=1S/C21H29ClO2/c1-3-21-12-9-14-13(15(21)5-4-6-18(21)24)7-8-16-19(22)17(23)10-11-20(14,16)2/h4-5,13-15,18,24H,3,6-12H2,1-2H3/t13-,14+,15+,18+,20-,21+/m1/s1. The molecule has 4 rings (SSSR count). The number of carbonyl (C=O) groups is 1. The highest BCUT2D eigenvalue weighted by Gasteiger charge is 2.58. The number of aliphatic hydroxyl groups excluding tert-OH is 1. The lowest BCUT2D eigenvalue weighted by Gasteiger charge is -2.60. The number of hydrogen-bond donors (Lipinski definition) is 1. The number of hydrogen-bond acceptors (Lipinski definition) is 2. The molecular weight excluding hydrogens is 320 g/mol. The second-order valence-corrected chi connectivity index (χ2v) is 9.15. The fourth-order valence-corrected chi connectivity index (χ4v) is 7.19. The van der Waals surface area contributed by atoms with E-state index in [1.165, 1.54) is 5.57 Å². The molecule has 0 amide bonds. The van der Waals surface area contributed by atoms with Gasteiger partial charge in [0.25, 0.3) is 0 Å². The molecule has 132 valence electrons. The van der Waals surface area contributed by atoms with E-state index in [1.54, 1.807) is 0 Å². The zero-order chi connectivity index (χ0) is 17.1. The monoisotopic (exact) mass is 348 g/mol. The molecule has 0 heterocycles. The molecule has 3 heteroatoms. The summed E-state index contributed by atoms with van der Waals surface area (Å²) in [5, 5.41) is 11.3. The fraction of sp³-hybridized carbons (Fsp3) is 0.762. The van der Waals surface area contributed by atoms with E-state index in [0.717, 1.165) is 44.9 Å². The summed E-state index contributed by atoms with van der Waals surface area (Å²) < 4.78 is 0. The lowest BCUT2D eigenvalue weighted by atomic mass is 9.44. The molecule has 0 spiro atoms. The Kier molecular flexibility index (Phi) is 4.01. The van der Waals surface area contributed by atoms with Gasteiger partial charge < -0.3 is 5.11 Å². The van der Waals surface area contributed by atoms with Crippen LogP contribution in [-0.4, -0.2) is 17.0 Å². The molecule has 2 fully saturated rings. The molecule has 0 unspecified atom stereocenters. The van der Waals surface area contributed by atoms with Crippen LogP contribution in [-0.2, 0) is 4.79 Å².